The summed E-state index contributed by atoms with van der Waals surface area (Å²) in [4.78, 5) is 0. The fourth-order valence-electron chi connectivity index (χ4n) is 1.46. The van der Waals surface area contributed by atoms with E-state index in [4.69, 9.17) is 16.3 Å². The minimum Gasteiger partial charge on any atom is -0.473 e. The molecule has 1 aromatic carbocycles. The number of halogens is 1. The molecule has 5 nitrogen and oxygen atoms in total. The third-order valence-corrected chi connectivity index (χ3v) is 3.21. The van der Waals surface area contributed by atoms with Gasteiger partial charge in [0.05, 0.1) is 22.4 Å². The minimum atomic E-state index is -0.654. The molecule has 7 heteroatoms. The summed E-state index contributed by atoms with van der Waals surface area (Å²) in [7, 11) is 0. The van der Waals surface area contributed by atoms with Crippen molar-refractivity contribution in [1.82, 2.24) is 8.75 Å². The van der Waals surface area contributed by atoms with Crippen LogP contribution in [-0.2, 0) is 0 Å². The average Bonchev–Trinajstić information content (AvgIpc) is 2.90. The molecule has 102 valence electrons. The van der Waals surface area contributed by atoms with Crippen molar-refractivity contribution in [2.24, 2.45) is 0 Å². The Balaban J connectivity index is 1.79. The molecule has 0 spiro atoms. The molecule has 0 fully saturated rings. The number of anilines is 1. The largest absolute Gasteiger partial charge is 0.473 e. The second-order valence-corrected chi connectivity index (χ2v) is 5.04. The van der Waals surface area contributed by atoms with Crippen LogP contribution in [0.1, 0.15) is 5.56 Å². The zero-order valence-electron chi connectivity index (χ0n) is 10.3. The molecule has 2 rings (SSSR count). The summed E-state index contributed by atoms with van der Waals surface area (Å²) < 4.78 is 13.0. The van der Waals surface area contributed by atoms with Crippen LogP contribution in [0.2, 0.25) is 5.02 Å². The molecular formula is C12H14ClN3O2S. The van der Waals surface area contributed by atoms with Crippen molar-refractivity contribution in [2.45, 2.75) is 13.0 Å². The van der Waals surface area contributed by atoms with Gasteiger partial charge in [-0.2, -0.15) is 4.37 Å². The number of benzene rings is 1. The van der Waals surface area contributed by atoms with Gasteiger partial charge < -0.3 is 15.2 Å². The molecule has 0 saturated heterocycles. The van der Waals surface area contributed by atoms with Gasteiger partial charge in [-0.25, -0.2) is 0 Å². The number of hydrogen-bond acceptors (Lipinski definition) is 6. The van der Waals surface area contributed by atoms with Gasteiger partial charge in [0.1, 0.15) is 18.9 Å². The SMILES string of the molecule is Cc1ccc(Cl)c(NCC(O)COc2cnsn2)c1. The van der Waals surface area contributed by atoms with E-state index in [1.54, 1.807) is 0 Å². The molecule has 0 saturated carbocycles. The predicted octanol–water partition coefficient (Wildman–Crippen LogP) is 2.35. The highest BCUT2D eigenvalue weighted by atomic mass is 35.5. The normalized spacial score (nSPS) is 12.2. The van der Waals surface area contributed by atoms with Gasteiger partial charge in [-0.15, -0.1) is 4.37 Å². The molecule has 0 radical (unpaired) electrons. The third kappa shape index (κ3) is 4.34. The lowest BCUT2D eigenvalue weighted by atomic mass is 10.2. The highest BCUT2D eigenvalue weighted by molar-refractivity contribution is 6.99. The zero-order chi connectivity index (χ0) is 13.7. The summed E-state index contributed by atoms with van der Waals surface area (Å²) in [5, 5.41) is 13.5. The second kappa shape index (κ2) is 6.70. The lowest BCUT2D eigenvalue weighted by molar-refractivity contribution is 0.115. The van der Waals surface area contributed by atoms with Crippen LogP contribution < -0.4 is 10.1 Å². The van der Waals surface area contributed by atoms with Gasteiger partial charge in [-0.3, -0.25) is 0 Å². The number of hydrogen-bond donors (Lipinski definition) is 2. The van der Waals surface area contributed by atoms with Gasteiger partial charge >= 0.3 is 0 Å². The number of aliphatic hydroxyl groups is 1. The second-order valence-electron chi connectivity index (χ2n) is 4.07. The van der Waals surface area contributed by atoms with Crippen LogP contribution in [0.5, 0.6) is 5.88 Å². The standard InChI is InChI=1S/C12H14ClN3O2S/c1-8-2-3-10(13)11(4-8)14-5-9(17)7-18-12-6-15-19-16-12/h2-4,6,9,14,17H,5,7H2,1H3. The molecule has 0 aliphatic carbocycles. The predicted molar refractivity (Wildman–Crippen MR) is 76.1 cm³/mol. The third-order valence-electron chi connectivity index (χ3n) is 2.41. The van der Waals surface area contributed by atoms with E-state index in [0.29, 0.717) is 17.4 Å². The van der Waals surface area contributed by atoms with E-state index in [1.165, 1.54) is 6.20 Å². The Bertz CT molecular complexity index is 522. The van der Waals surface area contributed by atoms with E-state index in [9.17, 15) is 5.11 Å². The molecule has 0 aliphatic heterocycles. The van der Waals surface area contributed by atoms with Crippen molar-refractivity contribution in [3.8, 4) is 5.88 Å². The van der Waals surface area contributed by atoms with Crippen molar-refractivity contribution in [1.29, 1.82) is 0 Å². The number of nitrogens with zero attached hydrogens (tertiary/aromatic N) is 2. The zero-order valence-corrected chi connectivity index (χ0v) is 11.9. The van der Waals surface area contributed by atoms with Crippen LogP contribution in [0.4, 0.5) is 5.69 Å². The highest BCUT2D eigenvalue weighted by Gasteiger charge is 2.08. The van der Waals surface area contributed by atoms with Crippen LogP contribution in [0.25, 0.3) is 0 Å². The van der Waals surface area contributed by atoms with Gasteiger partial charge in [0.25, 0.3) is 0 Å². The van der Waals surface area contributed by atoms with Gasteiger partial charge in [-0.05, 0) is 24.6 Å². The molecule has 0 amide bonds. The lowest BCUT2D eigenvalue weighted by Crippen LogP contribution is -2.26. The summed E-state index contributed by atoms with van der Waals surface area (Å²) in [5.74, 6) is 0.428. The molecule has 1 unspecified atom stereocenters. The molecule has 1 heterocycles. The first-order chi connectivity index (χ1) is 9.15. The van der Waals surface area contributed by atoms with Gasteiger partial charge in [-0.1, -0.05) is 17.7 Å². The van der Waals surface area contributed by atoms with Crippen LogP contribution in [0.15, 0.2) is 24.4 Å². The van der Waals surface area contributed by atoms with Gasteiger partial charge in [0.2, 0.25) is 5.88 Å². The van der Waals surface area contributed by atoms with E-state index >= 15 is 0 Å². The molecule has 0 bridgehead atoms. The number of nitrogens with one attached hydrogen (secondary N) is 1. The van der Waals surface area contributed by atoms with Crippen LogP contribution >= 0.6 is 23.3 Å². The van der Waals surface area contributed by atoms with Gasteiger partial charge in [0, 0.05) is 6.54 Å². The lowest BCUT2D eigenvalue weighted by Gasteiger charge is -2.14. The van der Waals surface area contributed by atoms with Crippen LogP contribution in [-0.4, -0.2) is 33.1 Å². The summed E-state index contributed by atoms with van der Waals surface area (Å²) in [6.07, 6.45) is 0.862. The maximum atomic E-state index is 9.79. The quantitative estimate of drug-likeness (QED) is 0.857. The Morgan fingerprint density at radius 1 is 1.53 bits per heavy atom. The molecule has 19 heavy (non-hydrogen) atoms. The van der Waals surface area contributed by atoms with Crippen molar-refractivity contribution in [3.05, 3.63) is 35.0 Å². The molecule has 1 atom stereocenters. The maximum Gasteiger partial charge on any atom is 0.245 e. The van der Waals surface area contributed by atoms with Crippen molar-refractivity contribution in [2.75, 3.05) is 18.5 Å². The van der Waals surface area contributed by atoms with Gasteiger partial charge in [0.15, 0.2) is 0 Å². The number of ether oxygens (including phenoxy) is 1. The van der Waals surface area contributed by atoms with E-state index < -0.39 is 6.10 Å². The molecule has 2 N–H and O–H groups in total. The minimum absolute atomic E-state index is 0.155. The maximum absolute atomic E-state index is 9.79. The summed E-state index contributed by atoms with van der Waals surface area (Å²) in [6.45, 7) is 2.48. The number of aliphatic hydroxyl groups excluding tert-OH is 1. The smallest absolute Gasteiger partial charge is 0.245 e. The Hall–Kier alpha value is -1.37. The molecule has 0 aliphatic rings. The summed E-state index contributed by atoms with van der Waals surface area (Å²) in [6, 6.07) is 5.69. The monoisotopic (exact) mass is 299 g/mol. The van der Waals surface area contributed by atoms with Crippen LogP contribution in [0.3, 0.4) is 0 Å². The van der Waals surface area contributed by atoms with Crippen LogP contribution in [0, 0.1) is 6.92 Å². The first-order valence-electron chi connectivity index (χ1n) is 5.73. The van der Waals surface area contributed by atoms with Crippen molar-refractivity contribution >= 4 is 29.0 Å². The Morgan fingerprint density at radius 3 is 3.11 bits per heavy atom. The van der Waals surface area contributed by atoms with Crippen molar-refractivity contribution in [3.63, 3.8) is 0 Å². The topological polar surface area (TPSA) is 67.3 Å². The van der Waals surface area contributed by atoms with E-state index in [0.717, 1.165) is 23.0 Å². The summed E-state index contributed by atoms with van der Waals surface area (Å²) in [5.41, 5.74) is 1.90. The van der Waals surface area contributed by atoms with E-state index in [1.807, 2.05) is 25.1 Å². The highest BCUT2D eigenvalue weighted by Crippen LogP contribution is 2.22. The van der Waals surface area contributed by atoms with E-state index in [-0.39, 0.29) is 6.61 Å². The fourth-order valence-corrected chi connectivity index (χ4v) is 2.01. The summed E-state index contributed by atoms with van der Waals surface area (Å²) >= 11 is 7.11. The number of rotatable bonds is 6. The van der Waals surface area contributed by atoms with Crippen molar-refractivity contribution < 1.29 is 9.84 Å². The Morgan fingerprint density at radius 2 is 2.37 bits per heavy atom. The molecular weight excluding hydrogens is 286 g/mol. The molecule has 1 aromatic heterocycles. The number of aryl methyl sites for hydroxylation is 1. The Kier molecular flexibility index (Phi) is 4.95. The first-order valence-corrected chi connectivity index (χ1v) is 6.84. The fraction of sp³-hybridized carbons (Fsp3) is 0.333. The molecule has 2 aromatic rings. The Labute approximate surface area is 120 Å². The first kappa shape index (κ1) is 14.0. The average molecular weight is 300 g/mol. The number of aromatic nitrogens is 2. The van der Waals surface area contributed by atoms with E-state index in [2.05, 4.69) is 14.1 Å².